The summed E-state index contributed by atoms with van der Waals surface area (Å²) in [6, 6.07) is 3.88. The molecule has 0 saturated heterocycles. The van der Waals surface area contributed by atoms with Crippen LogP contribution in [0, 0.1) is 24.7 Å². The summed E-state index contributed by atoms with van der Waals surface area (Å²) in [6.45, 7) is 1.94. The number of nitrogens with zero attached hydrogens (tertiary/aromatic N) is 3. The third-order valence-corrected chi connectivity index (χ3v) is 7.59. The molecule has 2 aromatic heterocycles. The molecular weight excluding hydrogens is 344 g/mol. The van der Waals surface area contributed by atoms with Crippen molar-refractivity contribution in [2.45, 2.75) is 57.3 Å². The van der Waals surface area contributed by atoms with Gasteiger partial charge in [0, 0.05) is 17.3 Å². The first-order valence-electron chi connectivity index (χ1n) is 9.63. The van der Waals surface area contributed by atoms with E-state index in [0.717, 1.165) is 34.0 Å². The molecule has 26 heavy (non-hydrogen) atoms. The Morgan fingerprint density at radius 2 is 1.85 bits per heavy atom. The first-order valence-corrected chi connectivity index (χ1v) is 10.4. The highest BCUT2D eigenvalue weighted by Crippen LogP contribution is 2.61. The van der Waals surface area contributed by atoms with Crippen LogP contribution in [0.1, 0.15) is 54.8 Å². The molecule has 0 aromatic carbocycles. The maximum atomic E-state index is 12.3. The second-order valence-corrected chi connectivity index (χ2v) is 9.62. The SMILES string of the molecule is Cc1ccc(CC(=O)Nc2nnc(C34CC5CC(CC(C5)C3)C4)s2)cn1. The molecule has 5 nitrogen and oxygen atoms in total. The highest BCUT2D eigenvalue weighted by molar-refractivity contribution is 7.15. The number of carbonyl (C=O) groups is 1. The van der Waals surface area contributed by atoms with E-state index < -0.39 is 0 Å². The molecule has 136 valence electrons. The van der Waals surface area contributed by atoms with Gasteiger partial charge in [0.05, 0.1) is 6.42 Å². The largest absolute Gasteiger partial charge is 0.300 e. The fourth-order valence-electron chi connectivity index (χ4n) is 5.81. The zero-order chi connectivity index (χ0) is 17.7. The van der Waals surface area contributed by atoms with E-state index >= 15 is 0 Å². The van der Waals surface area contributed by atoms with Crippen molar-refractivity contribution >= 4 is 22.4 Å². The van der Waals surface area contributed by atoms with E-state index in [2.05, 4.69) is 20.5 Å². The second-order valence-electron chi connectivity index (χ2n) is 8.64. The van der Waals surface area contributed by atoms with Gasteiger partial charge >= 0.3 is 0 Å². The summed E-state index contributed by atoms with van der Waals surface area (Å²) in [7, 11) is 0. The van der Waals surface area contributed by atoms with Gasteiger partial charge in [0.1, 0.15) is 5.01 Å². The Morgan fingerprint density at radius 3 is 2.46 bits per heavy atom. The number of hydrogen-bond acceptors (Lipinski definition) is 5. The molecule has 6 heteroatoms. The maximum Gasteiger partial charge on any atom is 0.230 e. The number of anilines is 1. The van der Waals surface area contributed by atoms with E-state index in [9.17, 15) is 4.79 Å². The van der Waals surface area contributed by atoms with Crippen LogP contribution in [0.2, 0.25) is 0 Å². The van der Waals surface area contributed by atoms with Gasteiger partial charge in [-0.1, -0.05) is 17.4 Å². The minimum Gasteiger partial charge on any atom is -0.300 e. The molecule has 0 spiro atoms. The molecule has 4 saturated carbocycles. The Labute approximate surface area is 157 Å². The average molecular weight is 369 g/mol. The zero-order valence-electron chi connectivity index (χ0n) is 15.1. The number of amides is 1. The van der Waals surface area contributed by atoms with Crippen molar-refractivity contribution in [3.63, 3.8) is 0 Å². The number of rotatable bonds is 4. The summed E-state index contributed by atoms with van der Waals surface area (Å²) in [4.78, 5) is 16.6. The minimum absolute atomic E-state index is 0.0520. The molecule has 1 amide bonds. The fourth-order valence-corrected chi connectivity index (χ4v) is 6.79. The van der Waals surface area contributed by atoms with Gasteiger partial charge in [0.15, 0.2) is 0 Å². The zero-order valence-corrected chi connectivity index (χ0v) is 15.9. The van der Waals surface area contributed by atoms with Crippen molar-refractivity contribution in [3.05, 3.63) is 34.6 Å². The van der Waals surface area contributed by atoms with Crippen molar-refractivity contribution in [1.29, 1.82) is 0 Å². The fraction of sp³-hybridized carbons (Fsp3) is 0.600. The summed E-state index contributed by atoms with van der Waals surface area (Å²) < 4.78 is 0. The Kier molecular flexibility index (Phi) is 3.85. The molecule has 0 atom stereocenters. The quantitative estimate of drug-likeness (QED) is 0.889. The molecular formula is C20H24N4OS. The Hall–Kier alpha value is -1.82. The molecule has 4 aliphatic carbocycles. The molecule has 0 radical (unpaired) electrons. The van der Waals surface area contributed by atoms with E-state index in [1.807, 2.05) is 19.1 Å². The summed E-state index contributed by atoms with van der Waals surface area (Å²) in [5.74, 6) is 2.61. The van der Waals surface area contributed by atoms with Gasteiger partial charge in [-0.15, -0.1) is 10.2 Å². The Bertz CT molecular complexity index is 793. The first kappa shape index (κ1) is 16.4. The maximum absolute atomic E-state index is 12.3. The number of aryl methyl sites for hydroxylation is 1. The number of pyridine rings is 1. The van der Waals surface area contributed by atoms with Gasteiger partial charge in [-0.2, -0.15) is 0 Å². The average Bonchev–Trinajstić information content (AvgIpc) is 3.05. The predicted octanol–water partition coefficient (Wildman–Crippen LogP) is 3.89. The van der Waals surface area contributed by atoms with Gasteiger partial charge in [0.25, 0.3) is 0 Å². The summed E-state index contributed by atoms with van der Waals surface area (Å²) in [5.41, 5.74) is 2.12. The van der Waals surface area contributed by atoms with E-state index in [1.165, 1.54) is 38.5 Å². The summed E-state index contributed by atoms with van der Waals surface area (Å²) in [6.07, 6.45) is 10.2. The molecule has 1 N–H and O–H groups in total. The molecule has 2 heterocycles. The number of aromatic nitrogens is 3. The van der Waals surface area contributed by atoms with Crippen LogP contribution in [0.25, 0.3) is 0 Å². The van der Waals surface area contributed by atoms with Crippen LogP contribution < -0.4 is 5.32 Å². The lowest BCUT2D eigenvalue weighted by atomic mass is 9.50. The number of hydrogen-bond donors (Lipinski definition) is 1. The lowest BCUT2D eigenvalue weighted by molar-refractivity contribution is -0.115. The van der Waals surface area contributed by atoms with Crippen LogP contribution in [0.5, 0.6) is 0 Å². The third kappa shape index (κ3) is 2.94. The first-order chi connectivity index (χ1) is 12.6. The standard InChI is InChI=1S/C20H24N4OS/c1-12-2-3-13(11-21-12)7-17(25)22-19-24-23-18(26-19)20-8-14-4-15(9-20)6-16(5-14)10-20/h2-3,11,14-16H,4-10H2,1H3,(H,22,24,25). The Balaban J connectivity index is 1.28. The molecule has 2 aromatic rings. The minimum atomic E-state index is -0.0520. The van der Waals surface area contributed by atoms with Crippen LogP contribution in [0.15, 0.2) is 18.3 Å². The normalized spacial score (nSPS) is 32.0. The molecule has 4 aliphatic rings. The van der Waals surface area contributed by atoms with Crippen LogP contribution in [0.4, 0.5) is 5.13 Å². The summed E-state index contributed by atoms with van der Waals surface area (Å²) >= 11 is 1.59. The topological polar surface area (TPSA) is 67.8 Å². The van der Waals surface area contributed by atoms with Gasteiger partial charge in [-0.3, -0.25) is 9.78 Å². The van der Waals surface area contributed by atoms with Crippen molar-refractivity contribution in [2.24, 2.45) is 17.8 Å². The highest BCUT2D eigenvalue weighted by Gasteiger charge is 2.53. The van der Waals surface area contributed by atoms with Gasteiger partial charge in [0.2, 0.25) is 11.0 Å². The van der Waals surface area contributed by atoms with Gasteiger partial charge in [-0.25, -0.2) is 0 Å². The van der Waals surface area contributed by atoms with Crippen LogP contribution in [-0.4, -0.2) is 21.1 Å². The smallest absolute Gasteiger partial charge is 0.230 e. The monoisotopic (exact) mass is 368 g/mol. The van der Waals surface area contributed by atoms with Crippen molar-refractivity contribution in [2.75, 3.05) is 5.32 Å². The highest BCUT2D eigenvalue weighted by atomic mass is 32.1. The summed E-state index contributed by atoms with van der Waals surface area (Å²) in [5, 5.41) is 13.5. The lowest BCUT2D eigenvalue weighted by Crippen LogP contribution is -2.48. The molecule has 4 fully saturated rings. The number of nitrogens with one attached hydrogen (secondary N) is 1. The van der Waals surface area contributed by atoms with Crippen molar-refractivity contribution < 1.29 is 4.79 Å². The molecule has 4 bridgehead atoms. The van der Waals surface area contributed by atoms with Gasteiger partial charge in [-0.05, 0) is 74.8 Å². The van der Waals surface area contributed by atoms with E-state index in [0.29, 0.717) is 11.6 Å². The van der Waals surface area contributed by atoms with Gasteiger partial charge < -0.3 is 5.32 Å². The molecule has 0 aliphatic heterocycles. The van der Waals surface area contributed by atoms with E-state index in [-0.39, 0.29) is 11.3 Å². The van der Waals surface area contributed by atoms with Crippen molar-refractivity contribution in [3.8, 4) is 0 Å². The van der Waals surface area contributed by atoms with Crippen LogP contribution >= 0.6 is 11.3 Å². The predicted molar refractivity (Wildman–Crippen MR) is 101 cm³/mol. The lowest BCUT2D eigenvalue weighted by Gasteiger charge is -2.55. The van der Waals surface area contributed by atoms with E-state index in [4.69, 9.17) is 0 Å². The third-order valence-electron chi connectivity index (χ3n) is 6.50. The van der Waals surface area contributed by atoms with Crippen LogP contribution in [0.3, 0.4) is 0 Å². The van der Waals surface area contributed by atoms with Crippen molar-refractivity contribution in [1.82, 2.24) is 15.2 Å². The molecule has 0 unspecified atom stereocenters. The van der Waals surface area contributed by atoms with Crippen LogP contribution in [-0.2, 0) is 16.6 Å². The Morgan fingerprint density at radius 1 is 1.15 bits per heavy atom. The second kappa shape index (κ2) is 6.12. The van der Waals surface area contributed by atoms with E-state index in [1.54, 1.807) is 17.5 Å². The number of carbonyl (C=O) groups excluding carboxylic acids is 1. The molecule has 6 rings (SSSR count).